The zero-order valence-corrected chi connectivity index (χ0v) is 22.4. The van der Waals surface area contributed by atoms with Crippen molar-refractivity contribution in [3.8, 4) is 55.6 Å². The molecule has 0 unspecified atom stereocenters. The van der Waals surface area contributed by atoms with Crippen LogP contribution in [-0.2, 0) is 6.42 Å². The minimum absolute atomic E-state index is 0.933. The first-order chi connectivity index (χ1) is 19.2. The number of aryl methyl sites for hydroxylation is 2. The van der Waals surface area contributed by atoms with Crippen molar-refractivity contribution in [3.05, 3.63) is 156 Å². The van der Waals surface area contributed by atoms with Gasteiger partial charge in [-0.1, -0.05) is 145 Å². The van der Waals surface area contributed by atoms with Crippen molar-refractivity contribution in [2.24, 2.45) is 0 Å². The van der Waals surface area contributed by atoms with Crippen LogP contribution >= 0.6 is 0 Å². The Morgan fingerprint density at radius 2 is 0.769 bits per heavy atom. The molecule has 0 atom stereocenters. The van der Waals surface area contributed by atoms with E-state index in [1.807, 2.05) is 0 Å². The third kappa shape index (κ3) is 4.01. The first kappa shape index (κ1) is 23.4. The summed E-state index contributed by atoms with van der Waals surface area (Å²) in [7, 11) is 0. The van der Waals surface area contributed by atoms with E-state index in [1.165, 1.54) is 77.9 Å². The Balaban J connectivity index is 1.73. The molecular formula is C39H30. The molecule has 0 aromatic heterocycles. The van der Waals surface area contributed by atoms with Gasteiger partial charge in [-0.15, -0.1) is 0 Å². The average molecular weight is 499 g/mol. The van der Waals surface area contributed by atoms with Gasteiger partial charge in [0.2, 0.25) is 0 Å². The molecule has 0 saturated carbocycles. The smallest absolute Gasteiger partial charge is 0.000683 e. The molecule has 186 valence electrons. The van der Waals surface area contributed by atoms with Crippen LogP contribution in [0.15, 0.2) is 133 Å². The van der Waals surface area contributed by atoms with Gasteiger partial charge in [-0.05, 0) is 87.0 Å². The van der Waals surface area contributed by atoms with Gasteiger partial charge in [-0.3, -0.25) is 0 Å². The zero-order chi connectivity index (χ0) is 26.3. The van der Waals surface area contributed by atoms with Crippen LogP contribution in [0, 0.1) is 13.8 Å². The Hall–Kier alpha value is -4.68. The highest BCUT2D eigenvalue weighted by Gasteiger charge is 2.32. The largest absolute Gasteiger partial charge is 0.0622 e. The summed E-state index contributed by atoms with van der Waals surface area (Å²) in [5, 5.41) is 0. The fourth-order valence-corrected chi connectivity index (χ4v) is 6.22. The SMILES string of the molecule is Cc1ccc(-c2c3c(c(-c4ccc(C)cc4)c(-c4ccccc4)c2-c2ccccc2)-c2ccccc2C3)cc1. The molecule has 0 radical (unpaired) electrons. The molecule has 0 bridgehead atoms. The van der Waals surface area contributed by atoms with E-state index in [0.717, 1.165) is 6.42 Å². The second-order valence-corrected chi connectivity index (χ2v) is 10.7. The normalized spacial score (nSPS) is 11.7. The number of hydrogen-bond donors (Lipinski definition) is 0. The Morgan fingerprint density at radius 1 is 0.359 bits per heavy atom. The predicted octanol–water partition coefficient (Wildman–Crippen LogP) is 10.5. The highest BCUT2D eigenvalue weighted by molar-refractivity contribution is 6.10. The monoisotopic (exact) mass is 498 g/mol. The van der Waals surface area contributed by atoms with E-state index in [4.69, 9.17) is 0 Å². The lowest BCUT2D eigenvalue weighted by Gasteiger charge is -2.26. The molecule has 6 aromatic carbocycles. The van der Waals surface area contributed by atoms with Crippen molar-refractivity contribution in [2.75, 3.05) is 0 Å². The maximum atomic E-state index is 2.31. The average Bonchev–Trinajstić information content (AvgIpc) is 3.37. The number of rotatable bonds is 4. The van der Waals surface area contributed by atoms with E-state index in [0.29, 0.717) is 0 Å². The van der Waals surface area contributed by atoms with Crippen LogP contribution in [-0.4, -0.2) is 0 Å². The minimum Gasteiger partial charge on any atom is -0.0622 e. The second kappa shape index (κ2) is 9.57. The van der Waals surface area contributed by atoms with Gasteiger partial charge in [0.05, 0.1) is 0 Å². The summed E-state index contributed by atoms with van der Waals surface area (Å²) in [5.41, 5.74) is 18.4. The standard InChI is InChI=1S/C39H30/c1-26-17-21-30(22-18-26)35-34-25-32-15-9-10-16-33(32)39(34)38(31-23-19-27(2)20-24-31)37(29-13-7-4-8-14-29)36(35)28-11-5-3-6-12-28/h3-24H,25H2,1-2H3. The maximum Gasteiger partial charge on any atom is -0.000683 e. The van der Waals surface area contributed by atoms with Crippen LogP contribution in [0.2, 0.25) is 0 Å². The van der Waals surface area contributed by atoms with Crippen molar-refractivity contribution in [1.29, 1.82) is 0 Å². The Bertz CT molecular complexity index is 1790. The van der Waals surface area contributed by atoms with Gasteiger partial charge in [0.15, 0.2) is 0 Å². The fraction of sp³-hybridized carbons (Fsp3) is 0.0769. The van der Waals surface area contributed by atoms with E-state index in [1.54, 1.807) is 0 Å². The summed E-state index contributed by atoms with van der Waals surface area (Å²) in [6, 6.07) is 49.1. The third-order valence-corrected chi connectivity index (χ3v) is 8.06. The first-order valence-electron chi connectivity index (χ1n) is 13.7. The van der Waals surface area contributed by atoms with Gasteiger partial charge in [-0.2, -0.15) is 0 Å². The molecule has 0 fully saturated rings. The van der Waals surface area contributed by atoms with Gasteiger partial charge in [0, 0.05) is 0 Å². The molecule has 39 heavy (non-hydrogen) atoms. The van der Waals surface area contributed by atoms with E-state index in [9.17, 15) is 0 Å². The summed E-state index contributed by atoms with van der Waals surface area (Å²) in [4.78, 5) is 0. The summed E-state index contributed by atoms with van der Waals surface area (Å²) in [5.74, 6) is 0. The van der Waals surface area contributed by atoms with Gasteiger partial charge in [0.1, 0.15) is 0 Å². The van der Waals surface area contributed by atoms with Crippen LogP contribution in [0.5, 0.6) is 0 Å². The summed E-state index contributed by atoms with van der Waals surface area (Å²) >= 11 is 0. The van der Waals surface area contributed by atoms with E-state index < -0.39 is 0 Å². The van der Waals surface area contributed by atoms with E-state index in [2.05, 4.69) is 147 Å². The third-order valence-electron chi connectivity index (χ3n) is 8.06. The second-order valence-electron chi connectivity index (χ2n) is 10.7. The number of fused-ring (bicyclic) bond motifs is 3. The quantitative estimate of drug-likeness (QED) is 0.226. The first-order valence-corrected chi connectivity index (χ1v) is 13.7. The highest BCUT2D eigenvalue weighted by atomic mass is 14.3. The van der Waals surface area contributed by atoms with Gasteiger partial charge in [0.25, 0.3) is 0 Å². The fourth-order valence-electron chi connectivity index (χ4n) is 6.22. The summed E-state index contributed by atoms with van der Waals surface area (Å²) in [6.07, 6.45) is 0.933. The lowest BCUT2D eigenvalue weighted by atomic mass is 9.77. The lowest BCUT2D eigenvalue weighted by Crippen LogP contribution is -2.01. The Labute approximate surface area is 231 Å². The zero-order valence-electron chi connectivity index (χ0n) is 22.4. The summed E-state index contributed by atoms with van der Waals surface area (Å²) in [6.45, 7) is 4.33. The van der Waals surface area contributed by atoms with Crippen LogP contribution in [0.25, 0.3) is 55.6 Å². The molecule has 0 heterocycles. The molecule has 0 amide bonds. The van der Waals surface area contributed by atoms with Gasteiger partial charge in [-0.25, -0.2) is 0 Å². The molecule has 0 aliphatic heterocycles. The maximum absolute atomic E-state index is 2.31. The topological polar surface area (TPSA) is 0 Å². The van der Waals surface area contributed by atoms with E-state index >= 15 is 0 Å². The minimum atomic E-state index is 0.933. The molecule has 0 spiro atoms. The van der Waals surface area contributed by atoms with Crippen molar-refractivity contribution >= 4 is 0 Å². The Kier molecular flexibility index (Phi) is 5.75. The van der Waals surface area contributed by atoms with Gasteiger partial charge >= 0.3 is 0 Å². The highest BCUT2D eigenvalue weighted by Crippen LogP contribution is 2.56. The Morgan fingerprint density at radius 3 is 1.33 bits per heavy atom. The molecular weight excluding hydrogens is 468 g/mol. The number of hydrogen-bond acceptors (Lipinski definition) is 0. The molecule has 0 heteroatoms. The molecule has 0 nitrogen and oxygen atoms in total. The van der Waals surface area contributed by atoms with Crippen molar-refractivity contribution in [3.63, 3.8) is 0 Å². The molecule has 6 aromatic rings. The van der Waals surface area contributed by atoms with Crippen LogP contribution in [0.4, 0.5) is 0 Å². The molecule has 0 N–H and O–H groups in total. The summed E-state index contributed by atoms with van der Waals surface area (Å²) < 4.78 is 0. The molecule has 1 aliphatic rings. The van der Waals surface area contributed by atoms with Crippen LogP contribution < -0.4 is 0 Å². The van der Waals surface area contributed by atoms with Crippen LogP contribution in [0.3, 0.4) is 0 Å². The molecule has 0 saturated heterocycles. The van der Waals surface area contributed by atoms with Crippen molar-refractivity contribution in [1.82, 2.24) is 0 Å². The van der Waals surface area contributed by atoms with Crippen molar-refractivity contribution < 1.29 is 0 Å². The van der Waals surface area contributed by atoms with Crippen LogP contribution in [0.1, 0.15) is 22.3 Å². The predicted molar refractivity (Wildman–Crippen MR) is 166 cm³/mol. The number of benzene rings is 6. The van der Waals surface area contributed by atoms with Gasteiger partial charge < -0.3 is 0 Å². The lowest BCUT2D eigenvalue weighted by molar-refractivity contribution is 1.26. The molecule has 7 rings (SSSR count). The van der Waals surface area contributed by atoms with E-state index in [-0.39, 0.29) is 0 Å². The van der Waals surface area contributed by atoms with Crippen molar-refractivity contribution in [2.45, 2.75) is 20.3 Å². The molecule has 1 aliphatic carbocycles.